The minimum absolute atomic E-state index is 0.139. The Kier molecular flexibility index (Phi) is 13.5. The zero-order chi connectivity index (χ0) is 28.0. The van der Waals surface area contributed by atoms with E-state index in [1.54, 1.807) is 0 Å². The third-order valence-corrected chi connectivity index (χ3v) is 7.34. The Morgan fingerprint density at radius 1 is 0.711 bits per heavy atom. The highest BCUT2D eigenvalue weighted by Gasteiger charge is 2.29. The first kappa shape index (κ1) is 31.5. The Hall–Kier alpha value is -2.70. The predicted molar refractivity (Wildman–Crippen MR) is 155 cm³/mol. The molecule has 0 saturated heterocycles. The molecule has 38 heavy (non-hydrogen) atoms. The number of nitrogens with zero attached hydrogens (tertiary/aromatic N) is 1. The normalized spacial score (nSPS) is 12.7. The van der Waals surface area contributed by atoms with Gasteiger partial charge < -0.3 is 19.3 Å². The zero-order valence-corrected chi connectivity index (χ0v) is 24.5. The molecule has 2 aromatic carbocycles. The van der Waals surface area contributed by atoms with Crippen LogP contribution in [0.2, 0.25) is 0 Å². The summed E-state index contributed by atoms with van der Waals surface area (Å²) in [5.74, 6) is 0.987. The largest absolute Gasteiger partial charge is 0.425 e. The number of hydrogen-bond acceptors (Lipinski definition) is 5. The number of carbonyl (C=O) groups excluding carboxylic acids is 2. The molecule has 0 aliphatic carbocycles. The number of aryl methyl sites for hydroxylation is 4. The molecule has 0 aliphatic rings. The molecule has 0 bridgehead atoms. The van der Waals surface area contributed by atoms with Crippen LogP contribution < -0.4 is 14.8 Å². The number of ether oxygens (including phenoxy) is 2. The molecule has 0 spiro atoms. The molecule has 0 amide bonds. The molecule has 0 heterocycles. The molecule has 1 unspecified atom stereocenters. The first-order valence-corrected chi connectivity index (χ1v) is 14.3. The lowest BCUT2D eigenvalue weighted by atomic mass is 10.1. The maximum absolute atomic E-state index is 12.9. The van der Waals surface area contributed by atoms with E-state index in [-0.39, 0.29) is 18.5 Å². The van der Waals surface area contributed by atoms with Crippen LogP contribution in [0.25, 0.3) is 0 Å². The van der Waals surface area contributed by atoms with Gasteiger partial charge in [-0.05, 0) is 89.1 Å². The van der Waals surface area contributed by atoms with Crippen LogP contribution in [0.1, 0.15) is 74.6 Å². The average Bonchev–Trinajstić information content (AvgIpc) is 2.87. The highest BCUT2D eigenvalue weighted by atomic mass is 16.5. The van der Waals surface area contributed by atoms with Crippen molar-refractivity contribution >= 4 is 11.9 Å². The van der Waals surface area contributed by atoms with Gasteiger partial charge in [0.05, 0.1) is 26.2 Å². The van der Waals surface area contributed by atoms with E-state index in [2.05, 4.69) is 19.2 Å². The third-order valence-electron chi connectivity index (χ3n) is 7.34. The summed E-state index contributed by atoms with van der Waals surface area (Å²) in [5, 5.41) is 3.21. The summed E-state index contributed by atoms with van der Waals surface area (Å²) >= 11 is 0. The fourth-order valence-corrected chi connectivity index (χ4v) is 5.08. The van der Waals surface area contributed by atoms with Crippen molar-refractivity contribution in [2.24, 2.45) is 0 Å². The standard InChI is InChI=1S/C32H49N2O4/c1-7-21-34(8-2,24-30(36)38-32-27(5)18-15-19-28(32)6)22-13-11-9-10-12-20-33-23-29(35)37-31-25(3)16-14-17-26(31)4/h14-19,33H,7-13,20-24H2,1-6H3/q+1. The second kappa shape index (κ2) is 16.3. The van der Waals surface area contributed by atoms with Gasteiger partial charge in [0.1, 0.15) is 11.5 Å². The molecule has 0 radical (unpaired) electrons. The molecule has 1 N–H and O–H groups in total. The predicted octanol–water partition coefficient (Wildman–Crippen LogP) is 6.22. The van der Waals surface area contributed by atoms with Gasteiger partial charge in [-0.1, -0.05) is 56.2 Å². The maximum atomic E-state index is 12.9. The highest BCUT2D eigenvalue weighted by Crippen LogP contribution is 2.24. The number of rotatable bonds is 17. The zero-order valence-electron chi connectivity index (χ0n) is 24.5. The van der Waals surface area contributed by atoms with E-state index >= 15 is 0 Å². The summed E-state index contributed by atoms with van der Waals surface area (Å²) in [5.41, 5.74) is 3.94. The molecule has 1 atom stereocenters. The van der Waals surface area contributed by atoms with Crippen LogP contribution in [0.5, 0.6) is 11.5 Å². The molecule has 0 fully saturated rings. The van der Waals surface area contributed by atoms with Crippen molar-refractivity contribution in [3.63, 3.8) is 0 Å². The number of likely N-dealkylation sites (N-methyl/N-ethyl adjacent to an activating group) is 1. The van der Waals surface area contributed by atoms with Crippen molar-refractivity contribution in [3.8, 4) is 11.5 Å². The van der Waals surface area contributed by atoms with E-state index in [1.165, 1.54) is 0 Å². The summed E-state index contributed by atoms with van der Waals surface area (Å²) < 4.78 is 12.1. The van der Waals surface area contributed by atoms with Crippen LogP contribution in [0.3, 0.4) is 0 Å². The summed E-state index contributed by atoms with van der Waals surface area (Å²) in [6, 6.07) is 11.8. The van der Waals surface area contributed by atoms with Gasteiger partial charge in [-0.2, -0.15) is 0 Å². The molecule has 6 nitrogen and oxygen atoms in total. The van der Waals surface area contributed by atoms with Gasteiger partial charge in [-0.15, -0.1) is 0 Å². The van der Waals surface area contributed by atoms with E-state index in [0.717, 1.165) is 91.4 Å². The number of benzene rings is 2. The van der Waals surface area contributed by atoms with Crippen molar-refractivity contribution in [1.82, 2.24) is 5.32 Å². The van der Waals surface area contributed by atoms with Crippen molar-refractivity contribution in [2.75, 3.05) is 39.3 Å². The Balaban J connectivity index is 1.67. The monoisotopic (exact) mass is 525 g/mol. The van der Waals surface area contributed by atoms with E-state index < -0.39 is 0 Å². The molecular formula is C32H49N2O4+. The number of para-hydroxylation sites is 2. The van der Waals surface area contributed by atoms with Gasteiger partial charge in [-0.3, -0.25) is 4.79 Å². The first-order valence-electron chi connectivity index (χ1n) is 14.3. The average molecular weight is 526 g/mol. The highest BCUT2D eigenvalue weighted by molar-refractivity contribution is 5.75. The van der Waals surface area contributed by atoms with Gasteiger partial charge in [0.15, 0.2) is 6.54 Å². The number of esters is 2. The molecule has 6 heteroatoms. The summed E-state index contributed by atoms with van der Waals surface area (Å²) in [4.78, 5) is 25.1. The van der Waals surface area contributed by atoms with Crippen LogP contribution in [-0.2, 0) is 9.59 Å². The Bertz CT molecular complexity index is 996. The third kappa shape index (κ3) is 10.2. The number of hydrogen-bond donors (Lipinski definition) is 1. The molecule has 0 saturated carbocycles. The quantitative estimate of drug-likeness (QED) is 0.115. The smallest absolute Gasteiger partial charge is 0.367 e. The molecular weight excluding hydrogens is 476 g/mol. The fourth-order valence-electron chi connectivity index (χ4n) is 5.08. The minimum Gasteiger partial charge on any atom is -0.425 e. The first-order chi connectivity index (χ1) is 18.2. The molecule has 210 valence electrons. The van der Waals surface area contributed by atoms with E-state index in [4.69, 9.17) is 9.47 Å². The Morgan fingerprint density at radius 2 is 1.21 bits per heavy atom. The van der Waals surface area contributed by atoms with Crippen LogP contribution in [-0.4, -0.2) is 55.7 Å². The van der Waals surface area contributed by atoms with Crippen LogP contribution in [0.4, 0.5) is 0 Å². The second-order valence-electron chi connectivity index (χ2n) is 10.6. The number of carbonyl (C=O) groups is 2. The van der Waals surface area contributed by atoms with Crippen LogP contribution >= 0.6 is 0 Å². The number of unbranched alkanes of at least 4 members (excludes halogenated alkanes) is 4. The molecule has 2 aromatic rings. The summed E-state index contributed by atoms with van der Waals surface area (Å²) in [7, 11) is 0. The van der Waals surface area contributed by atoms with E-state index in [1.807, 2.05) is 64.1 Å². The summed E-state index contributed by atoms with van der Waals surface area (Å²) in [6.07, 6.45) is 6.58. The van der Waals surface area contributed by atoms with Crippen LogP contribution in [0, 0.1) is 27.7 Å². The molecule has 0 aliphatic heterocycles. The lowest BCUT2D eigenvalue weighted by Crippen LogP contribution is -2.53. The lowest BCUT2D eigenvalue weighted by molar-refractivity contribution is -0.919. The van der Waals surface area contributed by atoms with Crippen molar-refractivity contribution in [3.05, 3.63) is 58.7 Å². The van der Waals surface area contributed by atoms with E-state index in [9.17, 15) is 9.59 Å². The second-order valence-corrected chi connectivity index (χ2v) is 10.6. The lowest BCUT2D eigenvalue weighted by Gasteiger charge is -2.37. The molecule has 0 aromatic heterocycles. The van der Waals surface area contributed by atoms with Gasteiger partial charge in [0, 0.05) is 0 Å². The Labute approximate surface area is 230 Å². The number of quaternary nitrogens is 1. The van der Waals surface area contributed by atoms with Crippen molar-refractivity contribution in [1.29, 1.82) is 0 Å². The SMILES string of the molecule is CCC[N+](CC)(CCCCCCCNCC(=O)Oc1c(C)cccc1C)CC(=O)Oc1c(C)cccc1C. The fraction of sp³-hybridized carbons (Fsp3) is 0.562. The topological polar surface area (TPSA) is 64.6 Å². The summed E-state index contributed by atoms with van der Waals surface area (Å²) in [6.45, 7) is 16.6. The van der Waals surface area contributed by atoms with Crippen molar-refractivity contribution in [2.45, 2.75) is 80.1 Å². The van der Waals surface area contributed by atoms with Gasteiger partial charge in [-0.25, -0.2) is 4.79 Å². The van der Waals surface area contributed by atoms with Gasteiger partial charge in [0.2, 0.25) is 0 Å². The van der Waals surface area contributed by atoms with E-state index in [0.29, 0.717) is 18.0 Å². The van der Waals surface area contributed by atoms with Gasteiger partial charge >= 0.3 is 11.9 Å². The molecule has 2 rings (SSSR count). The Morgan fingerprint density at radius 3 is 1.74 bits per heavy atom. The van der Waals surface area contributed by atoms with Crippen LogP contribution in [0.15, 0.2) is 36.4 Å². The van der Waals surface area contributed by atoms with Crippen molar-refractivity contribution < 1.29 is 23.5 Å². The minimum atomic E-state index is -0.247. The van der Waals surface area contributed by atoms with Gasteiger partial charge in [0.25, 0.3) is 0 Å². The number of nitrogens with one attached hydrogen (secondary N) is 1. The maximum Gasteiger partial charge on any atom is 0.367 e.